The molecular formula is C13H24N2O2. The van der Waals surface area contributed by atoms with Crippen molar-refractivity contribution in [1.82, 2.24) is 5.32 Å². The zero-order valence-electron chi connectivity index (χ0n) is 10.7. The molecule has 2 rings (SSSR count). The van der Waals surface area contributed by atoms with Crippen molar-refractivity contribution in [3.63, 3.8) is 0 Å². The molecule has 1 aliphatic carbocycles. The predicted molar refractivity (Wildman–Crippen MR) is 66.5 cm³/mol. The summed E-state index contributed by atoms with van der Waals surface area (Å²) < 4.78 is 5.43. The molecule has 1 saturated heterocycles. The Bertz CT molecular complexity index is 277. The minimum absolute atomic E-state index is 0.0432. The summed E-state index contributed by atoms with van der Waals surface area (Å²) in [5.74, 6) is 0.508. The molecule has 0 aromatic carbocycles. The highest BCUT2D eigenvalue weighted by molar-refractivity contribution is 5.81. The van der Waals surface area contributed by atoms with Gasteiger partial charge in [0.1, 0.15) is 6.10 Å². The molecule has 17 heavy (non-hydrogen) atoms. The average Bonchev–Trinajstić information content (AvgIpc) is 2.86. The fourth-order valence-electron chi connectivity index (χ4n) is 3.06. The molecule has 2 aliphatic rings. The van der Waals surface area contributed by atoms with Crippen molar-refractivity contribution in [3.05, 3.63) is 0 Å². The normalized spacial score (nSPS) is 38.0. The molecule has 1 aliphatic heterocycles. The van der Waals surface area contributed by atoms with Crippen LogP contribution in [0.1, 0.15) is 45.4 Å². The first-order valence-electron chi connectivity index (χ1n) is 6.82. The van der Waals surface area contributed by atoms with Gasteiger partial charge in [0.25, 0.3) is 0 Å². The van der Waals surface area contributed by atoms with Crippen molar-refractivity contribution in [2.24, 2.45) is 11.7 Å². The molecule has 3 atom stereocenters. The maximum Gasteiger partial charge on any atom is 0.249 e. The van der Waals surface area contributed by atoms with Crippen molar-refractivity contribution in [1.29, 1.82) is 0 Å². The van der Waals surface area contributed by atoms with E-state index in [2.05, 4.69) is 12.2 Å². The number of ether oxygens (including phenoxy) is 1. The number of carbonyl (C=O) groups excluding carboxylic acids is 1. The van der Waals surface area contributed by atoms with Crippen LogP contribution in [0.2, 0.25) is 0 Å². The van der Waals surface area contributed by atoms with Crippen molar-refractivity contribution in [2.45, 2.75) is 57.1 Å². The first-order chi connectivity index (χ1) is 8.18. The van der Waals surface area contributed by atoms with Crippen LogP contribution < -0.4 is 11.1 Å². The summed E-state index contributed by atoms with van der Waals surface area (Å²) in [5.41, 5.74) is 5.73. The number of rotatable bonds is 3. The smallest absolute Gasteiger partial charge is 0.249 e. The van der Waals surface area contributed by atoms with Crippen LogP contribution in [0.25, 0.3) is 0 Å². The van der Waals surface area contributed by atoms with Crippen molar-refractivity contribution < 1.29 is 9.53 Å². The van der Waals surface area contributed by atoms with E-state index >= 15 is 0 Å². The van der Waals surface area contributed by atoms with Gasteiger partial charge in [-0.15, -0.1) is 0 Å². The van der Waals surface area contributed by atoms with Crippen molar-refractivity contribution in [3.8, 4) is 0 Å². The number of nitrogens with two attached hydrogens (primary N) is 1. The molecule has 3 N–H and O–H groups in total. The van der Waals surface area contributed by atoms with Gasteiger partial charge < -0.3 is 15.8 Å². The molecule has 2 fully saturated rings. The Kier molecular flexibility index (Phi) is 4.05. The highest BCUT2D eigenvalue weighted by atomic mass is 16.5. The summed E-state index contributed by atoms with van der Waals surface area (Å²) in [4.78, 5) is 12.1. The lowest BCUT2D eigenvalue weighted by molar-refractivity contribution is -0.133. The lowest BCUT2D eigenvalue weighted by Crippen LogP contribution is -2.60. The van der Waals surface area contributed by atoms with Gasteiger partial charge in [0.2, 0.25) is 5.91 Å². The number of amides is 1. The lowest BCUT2D eigenvalue weighted by atomic mass is 9.73. The van der Waals surface area contributed by atoms with E-state index < -0.39 is 0 Å². The molecular weight excluding hydrogens is 216 g/mol. The van der Waals surface area contributed by atoms with Crippen LogP contribution in [0.15, 0.2) is 0 Å². The second-order valence-corrected chi connectivity index (χ2v) is 5.50. The van der Waals surface area contributed by atoms with Gasteiger partial charge in [0.15, 0.2) is 0 Å². The number of hydrogen-bond donors (Lipinski definition) is 2. The van der Waals surface area contributed by atoms with Gasteiger partial charge in [-0.3, -0.25) is 4.79 Å². The van der Waals surface area contributed by atoms with E-state index in [1.54, 1.807) is 0 Å². The minimum atomic E-state index is -0.243. The monoisotopic (exact) mass is 240 g/mol. The Hall–Kier alpha value is -0.610. The fraction of sp³-hybridized carbons (Fsp3) is 0.923. The highest BCUT2D eigenvalue weighted by Crippen LogP contribution is 2.33. The standard InChI is InChI=1S/C13H24N2O2/c1-10-5-2-3-7-13(10,9-14)15-12(16)11-6-4-8-17-11/h10-11H,2-9,14H2,1H3,(H,15,16). The van der Waals surface area contributed by atoms with E-state index in [0.717, 1.165) is 32.1 Å². The Morgan fingerprint density at radius 2 is 2.24 bits per heavy atom. The molecule has 98 valence electrons. The zero-order chi connectivity index (χ0) is 12.3. The molecule has 1 heterocycles. The number of hydrogen-bond acceptors (Lipinski definition) is 3. The van der Waals surface area contributed by atoms with E-state index in [0.29, 0.717) is 19.1 Å². The first-order valence-corrected chi connectivity index (χ1v) is 6.82. The fourth-order valence-corrected chi connectivity index (χ4v) is 3.06. The van der Waals surface area contributed by atoms with Crippen LogP contribution in [0.5, 0.6) is 0 Å². The third-order valence-corrected chi connectivity index (χ3v) is 4.41. The van der Waals surface area contributed by atoms with Gasteiger partial charge in [-0.25, -0.2) is 0 Å². The third kappa shape index (κ3) is 2.63. The molecule has 0 aromatic heterocycles. The van der Waals surface area contributed by atoms with Crippen LogP contribution in [0, 0.1) is 5.92 Å². The molecule has 0 radical (unpaired) electrons. The van der Waals surface area contributed by atoms with Gasteiger partial charge in [-0.2, -0.15) is 0 Å². The van der Waals surface area contributed by atoms with Gasteiger partial charge in [-0.1, -0.05) is 19.8 Å². The van der Waals surface area contributed by atoms with Crippen LogP contribution >= 0.6 is 0 Å². The van der Waals surface area contributed by atoms with Crippen LogP contribution in [0.3, 0.4) is 0 Å². The summed E-state index contributed by atoms with van der Waals surface area (Å²) in [6, 6.07) is 0. The van der Waals surface area contributed by atoms with Crippen LogP contribution in [-0.2, 0) is 9.53 Å². The maximum atomic E-state index is 12.1. The molecule has 4 nitrogen and oxygen atoms in total. The second kappa shape index (κ2) is 5.36. The Morgan fingerprint density at radius 1 is 1.41 bits per heavy atom. The summed E-state index contributed by atoms with van der Waals surface area (Å²) in [5, 5.41) is 3.18. The Balaban J connectivity index is 1.99. The summed E-state index contributed by atoms with van der Waals surface area (Å²) in [6.07, 6.45) is 6.16. The van der Waals surface area contributed by atoms with E-state index in [9.17, 15) is 4.79 Å². The second-order valence-electron chi connectivity index (χ2n) is 5.50. The SMILES string of the molecule is CC1CCCCC1(CN)NC(=O)C1CCCO1. The molecule has 3 unspecified atom stereocenters. The van der Waals surface area contributed by atoms with E-state index in [1.807, 2.05) is 0 Å². The van der Waals surface area contributed by atoms with Gasteiger partial charge in [0.05, 0.1) is 5.54 Å². The predicted octanol–water partition coefficient (Wildman–Crippen LogP) is 1.19. The number of carbonyl (C=O) groups is 1. The molecule has 4 heteroatoms. The van der Waals surface area contributed by atoms with Crippen LogP contribution in [0.4, 0.5) is 0 Å². The van der Waals surface area contributed by atoms with E-state index in [4.69, 9.17) is 10.5 Å². The van der Waals surface area contributed by atoms with E-state index in [-0.39, 0.29) is 17.6 Å². The Labute approximate surface area is 103 Å². The summed E-state index contributed by atoms with van der Waals surface area (Å²) >= 11 is 0. The topological polar surface area (TPSA) is 64.3 Å². The zero-order valence-corrected chi connectivity index (χ0v) is 10.7. The van der Waals surface area contributed by atoms with Crippen molar-refractivity contribution in [2.75, 3.05) is 13.2 Å². The summed E-state index contributed by atoms with van der Waals surface area (Å²) in [6.45, 7) is 3.44. The number of nitrogens with one attached hydrogen (secondary N) is 1. The third-order valence-electron chi connectivity index (χ3n) is 4.41. The average molecular weight is 240 g/mol. The molecule has 1 saturated carbocycles. The highest BCUT2D eigenvalue weighted by Gasteiger charge is 2.40. The lowest BCUT2D eigenvalue weighted by Gasteiger charge is -2.43. The van der Waals surface area contributed by atoms with Gasteiger partial charge >= 0.3 is 0 Å². The summed E-state index contributed by atoms with van der Waals surface area (Å²) in [7, 11) is 0. The van der Waals surface area contributed by atoms with Crippen LogP contribution in [-0.4, -0.2) is 30.7 Å². The molecule has 0 bridgehead atoms. The van der Waals surface area contributed by atoms with Crippen molar-refractivity contribution >= 4 is 5.91 Å². The molecule has 1 amide bonds. The van der Waals surface area contributed by atoms with E-state index in [1.165, 1.54) is 6.42 Å². The molecule has 0 aromatic rings. The minimum Gasteiger partial charge on any atom is -0.368 e. The maximum absolute atomic E-state index is 12.1. The first kappa shape index (κ1) is 12.8. The quantitative estimate of drug-likeness (QED) is 0.779. The van der Waals surface area contributed by atoms with Gasteiger partial charge in [-0.05, 0) is 31.6 Å². The Morgan fingerprint density at radius 3 is 2.82 bits per heavy atom. The molecule has 0 spiro atoms. The largest absolute Gasteiger partial charge is 0.368 e. The van der Waals surface area contributed by atoms with Gasteiger partial charge in [0, 0.05) is 13.2 Å².